The van der Waals surface area contributed by atoms with Crippen molar-refractivity contribution in [3.05, 3.63) is 35.9 Å². The van der Waals surface area contributed by atoms with Gasteiger partial charge < -0.3 is 19.3 Å². The van der Waals surface area contributed by atoms with Crippen LogP contribution in [0.15, 0.2) is 30.3 Å². The largest absolute Gasteiger partial charge is 0.384 e. The maximum absolute atomic E-state index is 13.6. The van der Waals surface area contributed by atoms with Crippen LogP contribution in [0.4, 0.5) is 0 Å². The molecule has 5 nitrogen and oxygen atoms in total. The van der Waals surface area contributed by atoms with E-state index in [9.17, 15) is 4.79 Å². The fraction of sp³-hybridized carbons (Fsp3) is 0.682. The molecule has 1 aromatic carbocycles. The number of amides is 1. The van der Waals surface area contributed by atoms with Gasteiger partial charge in [-0.2, -0.15) is 0 Å². The van der Waals surface area contributed by atoms with E-state index >= 15 is 0 Å². The van der Waals surface area contributed by atoms with E-state index < -0.39 is 0 Å². The molecule has 2 heterocycles. The molecule has 0 spiro atoms. The lowest BCUT2D eigenvalue weighted by Gasteiger charge is -2.49. The first kappa shape index (κ1) is 18.9. The van der Waals surface area contributed by atoms with Crippen molar-refractivity contribution < 1.29 is 14.3 Å². The van der Waals surface area contributed by atoms with Crippen molar-refractivity contribution in [1.82, 2.24) is 9.80 Å². The molecule has 3 aliphatic rings. The van der Waals surface area contributed by atoms with Crippen molar-refractivity contribution in [2.75, 3.05) is 46.5 Å². The molecular weight excluding hydrogens is 340 g/mol. The summed E-state index contributed by atoms with van der Waals surface area (Å²) in [5.74, 6) is 0.263. The Bertz CT molecular complexity index is 626. The highest BCUT2D eigenvalue weighted by molar-refractivity contribution is 5.84. The summed E-state index contributed by atoms with van der Waals surface area (Å²) in [6.07, 6.45) is 5.56. The van der Waals surface area contributed by atoms with Crippen LogP contribution in [0.5, 0.6) is 0 Å². The predicted octanol–water partition coefficient (Wildman–Crippen LogP) is 2.87. The number of carbonyl (C=O) groups excluding carboxylic acids is 1. The number of hydrogen-bond acceptors (Lipinski definition) is 4. The van der Waals surface area contributed by atoms with Crippen LogP contribution in [0, 0.1) is 5.41 Å². The Morgan fingerprint density at radius 2 is 1.89 bits per heavy atom. The minimum Gasteiger partial charge on any atom is -0.384 e. The Kier molecular flexibility index (Phi) is 5.81. The fourth-order valence-corrected chi connectivity index (χ4v) is 4.98. The second kappa shape index (κ2) is 8.29. The fourth-order valence-electron chi connectivity index (χ4n) is 4.98. The highest BCUT2D eigenvalue weighted by Crippen LogP contribution is 2.45. The van der Waals surface area contributed by atoms with Gasteiger partial charge in [-0.1, -0.05) is 36.8 Å². The van der Waals surface area contributed by atoms with Crippen LogP contribution < -0.4 is 0 Å². The van der Waals surface area contributed by atoms with Crippen LogP contribution >= 0.6 is 0 Å². The van der Waals surface area contributed by atoms with E-state index in [4.69, 9.17) is 9.47 Å². The molecule has 148 valence electrons. The van der Waals surface area contributed by atoms with Gasteiger partial charge in [-0.05, 0) is 44.3 Å². The molecule has 1 aromatic rings. The van der Waals surface area contributed by atoms with Gasteiger partial charge in [0.25, 0.3) is 0 Å². The first-order chi connectivity index (χ1) is 13.2. The van der Waals surface area contributed by atoms with Gasteiger partial charge in [0.1, 0.15) is 0 Å². The maximum atomic E-state index is 13.6. The zero-order chi connectivity index (χ0) is 18.7. The Balaban J connectivity index is 1.60. The van der Waals surface area contributed by atoms with Crippen molar-refractivity contribution in [3.8, 4) is 0 Å². The van der Waals surface area contributed by atoms with Crippen molar-refractivity contribution in [3.63, 3.8) is 0 Å². The zero-order valence-corrected chi connectivity index (χ0v) is 16.4. The maximum Gasteiger partial charge on any atom is 0.231 e. The summed E-state index contributed by atoms with van der Waals surface area (Å²) in [5.41, 5.74) is 0.860. The molecule has 3 fully saturated rings. The standard InChI is InChI=1S/C22H32N2O3/c1-26-17-22(10-7-11-22)21(25)24-14-15-27-19(16-23-12-5-6-13-23)20(24)18-8-3-2-4-9-18/h2-4,8-9,19-20H,5-7,10-17H2,1H3/t19-,20-/m0/s1. The lowest BCUT2D eigenvalue weighted by molar-refractivity contribution is -0.168. The lowest BCUT2D eigenvalue weighted by Crippen LogP contribution is -2.57. The Morgan fingerprint density at radius 1 is 1.15 bits per heavy atom. The summed E-state index contributed by atoms with van der Waals surface area (Å²) in [6, 6.07) is 10.4. The number of rotatable bonds is 6. The van der Waals surface area contributed by atoms with Crippen molar-refractivity contribution in [2.24, 2.45) is 5.41 Å². The molecule has 1 amide bonds. The quantitative estimate of drug-likeness (QED) is 0.770. The summed E-state index contributed by atoms with van der Waals surface area (Å²) in [7, 11) is 1.71. The molecule has 2 atom stereocenters. The molecule has 1 aliphatic carbocycles. The van der Waals surface area contributed by atoms with Gasteiger partial charge in [-0.3, -0.25) is 4.79 Å². The van der Waals surface area contributed by atoms with E-state index in [1.54, 1.807) is 7.11 Å². The average Bonchev–Trinajstić information content (AvgIpc) is 3.18. The van der Waals surface area contributed by atoms with Gasteiger partial charge in [0, 0.05) is 20.2 Å². The third-order valence-electron chi connectivity index (χ3n) is 6.58. The van der Waals surface area contributed by atoms with Crippen LogP contribution in [-0.4, -0.2) is 68.3 Å². The third-order valence-corrected chi connectivity index (χ3v) is 6.58. The van der Waals surface area contributed by atoms with Crippen LogP contribution in [0.2, 0.25) is 0 Å². The second-order valence-electron chi connectivity index (χ2n) is 8.34. The second-order valence-corrected chi connectivity index (χ2v) is 8.34. The molecule has 1 saturated carbocycles. The van der Waals surface area contributed by atoms with Gasteiger partial charge in [-0.25, -0.2) is 0 Å². The van der Waals surface area contributed by atoms with E-state index in [1.807, 2.05) is 6.07 Å². The Hall–Kier alpha value is -1.43. The minimum absolute atomic E-state index is 0.0117. The lowest BCUT2D eigenvalue weighted by atomic mass is 9.68. The number of hydrogen-bond donors (Lipinski definition) is 0. The number of likely N-dealkylation sites (tertiary alicyclic amines) is 1. The van der Waals surface area contributed by atoms with Crippen LogP contribution in [0.25, 0.3) is 0 Å². The predicted molar refractivity (Wildman–Crippen MR) is 104 cm³/mol. The van der Waals surface area contributed by atoms with E-state index in [2.05, 4.69) is 34.1 Å². The van der Waals surface area contributed by atoms with Crippen LogP contribution in [0.3, 0.4) is 0 Å². The summed E-state index contributed by atoms with van der Waals surface area (Å²) in [4.78, 5) is 18.2. The number of morpholine rings is 1. The van der Waals surface area contributed by atoms with E-state index in [1.165, 1.54) is 18.4 Å². The smallest absolute Gasteiger partial charge is 0.231 e. The topological polar surface area (TPSA) is 42.0 Å². The number of benzene rings is 1. The first-order valence-corrected chi connectivity index (χ1v) is 10.4. The summed E-state index contributed by atoms with van der Waals surface area (Å²) in [5, 5.41) is 0. The average molecular weight is 373 g/mol. The molecule has 0 radical (unpaired) electrons. The summed E-state index contributed by atoms with van der Waals surface area (Å²) in [6.45, 7) is 5.00. The molecular formula is C22H32N2O3. The molecule has 2 aliphatic heterocycles. The highest BCUT2D eigenvalue weighted by Gasteiger charge is 2.49. The monoisotopic (exact) mass is 372 g/mol. The number of methoxy groups -OCH3 is 1. The molecule has 0 N–H and O–H groups in total. The molecule has 27 heavy (non-hydrogen) atoms. The van der Waals surface area contributed by atoms with Gasteiger partial charge >= 0.3 is 0 Å². The summed E-state index contributed by atoms with van der Waals surface area (Å²) < 4.78 is 11.7. The van der Waals surface area contributed by atoms with Crippen LogP contribution in [0.1, 0.15) is 43.7 Å². The van der Waals surface area contributed by atoms with Crippen molar-refractivity contribution in [2.45, 2.75) is 44.2 Å². The molecule has 0 unspecified atom stereocenters. The number of nitrogens with zero attached hydrogens (tertiary/aromatic N) is 2. The highest BCUT2D eigenvalue weighted by atomic mass is 16.5. The number of carbonyl (C=O) groups is 1. The molecule has 2 saturated heterocycles. The minimum atomic E-state index is -0.322. The van der Waals surface area contributed by atoms with E-state index in [0.717, 1.165) is 38.9 Å². The van der Waals surface area contributed by atoms with E-state index in [-0.39, 0.29) is 23.5 Å². The van der Waals surface area contributed by atoms with Crippen LogP contribution in [-0.2, 0) is 14.3 Å². The molecule has 5 heteroatoms. The molecule has 0 bridgehead atoms. The van der Waals surface area contributed by atoms with Gasteiger partial charge in [-0.15, -0.1) is 0 Å². The zero-order valence-electron chi connectivity index (χ0n) is 16.4. The Labute approximate surface area is 162 Å². The first-order valence-electron chi connectivity index (χ1n) is 10.4. The van der Waals surface area contributed by atoms with Crippen molar-refractivity contribution in [1.29, 1.82) is 0 Å². The third kappa shape index (κ3) is 3.78. The van der Waals surface area contributed by atoms with Gasteiger partial charge in [0.15, 0.2) is 0 Å². The normalized spacial score (nSPS) is 28.1. The Morgan fingerprint density at radius 3 is 2.52 bits per heavy atom. The summed E-state index contributed by atoms with van der Waals surface area (Å²) >= 11 is 0. The van der Waals surface area contributed by atoms with Gasteiger partial charge in [0.2, 0.25) is 5.91 Å². The number of ether oxygens (including phenoxy) is 2. The molecule has 4 rings (SSSR count). The van der Waals surface area contributed by atoms with E-state index in [0.29, 0.717) is 19.8 Å². The van der Waals surface area contributed by atoms with Crippen molar-refractivity contribution >= 4 is 5.91 Å². The molecule has 0 aromatic heterocycles. The SMILES string of the molecule is COCC1(C(=O)N2CCO[C@@H](CN3CCCC3)[C@@H]2c2ccccc2)CCC1. The van der Waals surface area contributed by atoms with Gasteiger partial charge in [0.05, 0.1) is 30.8 Å².